The van der Waals surface area contributed by atoms with Crippen LogP contribution < -0.4 is 34.7 Å². The number of aliphatic hydroxyl groups is 1. The van der Waals surface area contributed by atoms with Crippen molar-refractivity contribution in [2.24, 2.45) is 0 Å². The minimum atomic E-state index is 0. The van der Waals surface area contributed by atoms with Crippen molar-refractivity contribution >= 4 is 0 Å². The molecule has 3 nitrogen and oxygen atoms in total. The van der Waals surface area contributed by atoms with Gasteiger partial charge in [-0.05, 0) is 12.8 Å². The second kappa shape index (κ2) is 9.88. The van der Waals surface area contributed by atoms with E-state index >= 15 is 0 Å². The Morgan fingerprint density at radius 1 is 1.60 bits per heavy atom. The Morgan fingerprint density at radius 2 is 2.20 bits per heavy atom. The molecule has 1 saturated heterocycles. The SMILES string of the molecule is C[O-].OCC1CCCO1.[Na+]. The van der Waals surface area contributed by atoms with Gasteiger partial charge in [0, 0.05) is 6.61 Å². The van der Waals surface area contributed by atoms with Crippen LogP contribution in [-0.4, -0.2) is 31.5 Å². The van der Waals surface area contributed by atoms with Crippen LogP contribution in [0.1, 0.15) is 12.8 Å². The molecule has 10 heavy (non-hydrogen) atoms. The number of hydrogen-bond acceptors (Lipinski definition) is 3. The largest absolute Gasteiger partial charge is 1.00 e. The maximum atomic E-state index is 8.44. The maximum absolute atomic E-state index is 8.44. The summed E-state index contributed by atoms with van der Waals surface area (Å²) in [5.74, 6) is 0. The average Bonchev–Trinajstić information content (AvgIpc) is 2.43. The predicted molar refractivity (Wildman–Crippen MR) is 32.0 cm³/mol. The minimum absolute atomic E-state index is 0. The van der Waals surface area contributed by atoms with Gasteiger partial charge in [0.1, 0.15) is 0 Å². The Hall–Kier alpha value is 0.880. The first-order valence-corrected chi connectivity index (χ1v) is 3.07. The van der Waals surface area contributed by atoms with Gasteiger partial charge in [-0.25, -0.2) is 0 Å². The Labute approximate surface area is 83.7 Å². The fraction of sp³-hybridized carbons (Fsp3) is 1.00. The van der Waals surface area contributed by atoms with Gasteiger partial charge in [0.15, 0.2) is 0 Å². The third-order valence-electron chi connectivity index (χ3n) is 1.23. The van der Waals surface area contributed by atoms with Crippen LogP contribution in [0.3, 0.4) is 0 Å². The van der Waals surface area contributed by atoms with E-state index in [1.807, 2.05) is 0 Å². The van der Waals surface area contributed by atoms with Crippen molar-refractivity contribution in [2.45, 2.75) is 18.9 Å². The minimum Gasteiger partial charge on any atom is -0.857 e. The number of ether oxygens (including phenoxy) is 1. The van der Waals surface area contributed by atoms with Crippen LogP contribution in [0, 0.1) is 0 Å². The van der Waals surface area contributed by atoms with E-state index in [1.165, 1.54) is 0 Å². The Kier molecular flexibility index (Phi) is 13.3. The van der Waals surface area contributed by atoms with E-state index in [2.05, 4.69) is 0 Å². The predicted octanol–water partition coefficient (Wildman–Crippen LogP) is -3.86. The molecule has 0 amide bonds. The van der Waals surface area contributed by atoms with Gasteiger partial charge in [-0.1, -0.05) is 0 Å². The molecule has 0 aromatic heterocycles. The van der Waals surface area contributed by atoms with Gasteiger partial charge < -0.3 is 14.9 Å². The first-order valence-electron chi connectivity index (χ1n) is 3.07. The van der Waals surface area contributed by atoms with Gasteiger partial charge in [0.25, 0.3) is 0 Å². The van der Waals surface area contributed by atoms with Crippen LogP contribution in [0.2, 0.25) is 0 Å². The molecule has 0 aliphatic carbocycles. The topological polar surface area (TPSA) is 52.5 Å². The molecular formula is C6H13NaO3. The van der Waals surface area contributed by atoms with Gasteiger partial charge in [0.05, 0.1) is 12.7 Å². The summed E-state index contributed by atoms with van der Waals surface area (Å²) >= 11 is 0. The van der Waals surface area contributed by atoms with E-state index in [9.17, 15) is 0 Å². The zero-order valence-electron chi connectivity index (χ0n) is 6.67. The zero-order chi connectivity index (χ0) is 7.11. The fourth-order valence-corrected chi connectivity index (χ4v) is 0.788. The normalized spacial score (nSPS) is 22.5. The van der Waals surface area contributed by atoms with E-state index in [0.29, 0.717) is 0 Å². The van der Waals surface area contributed by atoms with E-state index in [1.54, 1.807) is 0 Å². The number of hydrogen-bond donors (Lipinski definition) is 1. The van der Waals surface area contributed by atoms with E-state index in [-0.39, 0.29) is 42.3 Å². The van der Waals surface area contributed by atoms with E-state index in [0.717, 1.165) is 26.6 Å². The Bertz CT molecular complexity index is 55.0. The van der Waals surface area contributed by atoms with Crippen LogP contribution in [0.25, 0.3) is 0 Å². The standard InChI is InChI=1S/C5H10O2.CH3O.Na/c6-4-5-2-1-3-7-5;1-2;/h5-6H,1-4H2;1H3;/q;-1;+1. The fourth-order valence-electron chi connectivity index (χ4n) is 0.788. The van der Waals surface area contributed by atoms with Crippen LogP contribution in [0.15, 0.2) is 0 Å². The Balaban J connectivity index is 0. The summed E-state index contributed by atoms with van der Waals surface area (Å²) in [5, 5.41) is 16.7. The summed E-state index contributed by atoms with van der Waals surface area (Å²) in [5.41, 5.74) is 0. The van der Waals surface area contributed by atoms with E-state index in [4.69, 9.17) is 14.9 Å². The van der Waals surface area contributed by atoms with Crippen molar-refractivity contribution in [1.82, 2.24) is 0 Å². The van der Waals surface area contributed by atoms with Crippen LogP contribution in [0.4, 0.5) is 0 Å². The van der Waals surface area contributed by atoms with Gasteiger partial charge in [-0.15, -0.1) is 0 Å². The molecule has 4 heteroatoms. The molecule has 0 aromatic carbocycles. The molecule has 1 unspecified atom stereocenters. The summed E-state index contributed by atoms with van der Waals surface area (Å²) in [4.78, 5) is 0. The molecule has 0 aromatic rings. The molecule has 0 spiro atoms. The maximum Gasteiger partial charge on any atom is 1.00 e. The number of rotatable bonds is 1. The summed E-state index contributed by atoms with van der Waals surface area (Å²) in [6.07, 6.45) is 2.31. The molecule has 0 bridgehead atoms. The summed E-state index contributed by atoms with van der Waals surface area (Å²) < 4.78 is 5.05. The van der Waals surface area contributed by atoms with Crippen molar-refractivity contribution < 1.29 is 44.5 Å². The molecule has 1 rings (SSSR count). The summed E-state index contributed by atoms with van der Waals surface area (Å²) in [6.45, 7) is 1.03. The third kappa shape index (κ3) is 5.65. The monoisotopic (exact) mass is 156 g/mol. The molecule has 1 fully saturated rings. The van der Waals surface area contributed by atoms with Crippen molar-refractivity contribution in [3.8, 4) is 0 Å². The van der Waals surface area contributed by atoms with Crippen molar-refractivity contribution in [1.29, 1.82) is 0 Å². The smallest absolute Gasteiger partial charge is 0.857 e. The Morgan fingerprint density at radius 3 is 2.40 bits per heavy atom. The molecule has 56 valence electrons. The van der Waals surface area contributed by atoms with Crippen molar-refractivity contribution in [2.75, 3.05) is 20.3 Å². The molecule has 1 N–H and O–H groups in total. The molecule has 0 saturated carbocycles. The second-order valence-corrected chi connectivity index (χ2v) is 1.82. The summed E-state index contributed by atoms with van der Waals surface area (Å²) in [6, 6.07) is 0. The molecule has 1 aliphatic rings. The molecule has 1 atom stereocenters. The molecule has 1 heterocycles. The zero-order valence-corrected chi connectivity index (χ0v) is 8.67. The van der Waals surface area contributed by atoms with Gasteiger partial charge >= 0.3 is 29.6 Å². The van der Waals surface area contributed by atoms with E-state index < -0.39 is 0 Å². The van der Waals surface area contributed by atoms with Crippen LogP contribution in [-0.2, 0) is 4.74 Å². The van der Waals surface area contributed by atoms with Crippen LogP contribution in [0.5, 0.6) is 0 Å². The van der Waals surface area contributed by atoms with Gasteiger partial charge in [0.2, 0.25) is 0 Å². The molecule has 0 radical (unpaired) electrons. The van der Waals surface area contributed by atoms with Crippen molar-refractivity contribution in [3.63, 3.8) is 0 Å². The average molecular weight is 156 g/mol. The second-order valence-electron chi connectivity index (χ2n) is 1.82. The quantitative estimate of drug-likeness (QED) is 0.395. The first kappa shape index (κ1) is 13.5. The van der Waals surface area contributed by atoms with Gasteiger partial charge in [-0.3, -0.25) is 0 Å². The molecular weight excluding hydrogens is 143 g/mol. The summed E-state index contributed by atoms with van der Waals surface area (Å²) in [7, 11) is 0.750. The van der Waals surface area contributed by atoms with Crippen molar-refractivity contribution in [3.05, 3.63) is 0 Å². The third-order valence-corrected chi connectivity index (χ3v) is 1.23. The number of aliphatic hydroxyl groups excluding tert-OH is 1. The van der Waals surface area contributed by atoms with Gasteiger partial charge in [-0.2, -0.15) is 7.11 Å². The molecule has 1 aliphatic heterocycles. The first-order chi connectivity index (χ1) is 4.43. The van der Waals surface area contributed by atoms with Crippen LogP contribution >= 0.6 is 0 Å².